The van der Waals surface area contributed by atoms with Crippen LogP contribution in [0.25, 0.3) is 22.2 Å². The summed E-state index contributed by atoms with van der Waals surface area (Å²) in [5.74, 6) is 0.812. The number of carbonyl (C=O) groups is 1. The summed E-state index contributed by atoms with van der Waals surface area (Å²) in [6, 6.07) is 5.87. The number of aromatic nitrogens is 1. The Balaban J connectivity index is 2.01. The molecule has 1 aromatic carbocycles. The maximum atomic E-state index is 11.5. The average molecular weight is 348 g/mol. The van der Waals surface area contributed by atoms with Gasteiger partial charge in [0, 0.05) is 11.1 Å². The van der Waals surface area contributed by atoms with Crippen molar-refractivity contribution >= 4 is 39.4 Å². The fourth-order valence-corrected chi connectivity index (χ4v) is 3.52. The van der Waals surface area contributed by atoms with Gasteiger partial charge in [0.25, 0.3) is 5.24 Å². The van der Waals surface area contributed by atoms with Gasteiger partial charge in [-0.2, -0.15) is 0 Å². The molecule has 0 saturated heterocycles. The fraction of sp³-hybridized carbons (Fsp3) is 0.176. The number of methoxy groups -OCH3 is 1. The summed E-state index contributed by atoms with van der Waals surface area (Å²) < 4.78 is 10.9. The lowest BCUT2D eigenvalue weighted by Gasteiger charge is -2.20. The Morgan fingerprint density at radius 1 is 1.35 bits per heavy atom. The van der Waals surface area contributed by atoms with Gasteiger partial charge in [-0.1, -0.05) is 11.6 Å². The van der Waals surface area contributed by atoms with Crippen molar-refractivity contribution in [1.82, 2.24) is 4.98 Å². The summed E-state index contributed by atoms with van der Waals surface area (Å²) >= 11 is 11.9. The molecule has 2 aromatic heterocycles. The largest absolute Gasteiger partial charge is 0.497 e. The van der Waals surface area contributed by atoms with Gasteiger partial charge in [0.15, 0.2) is 0 Å². The van der Waals surface area contributed by atoms with Crippen LogP contribution in [-0.2, 0) is 12.8 Å². The summed E-state index contributed by atoms with van der Waals surface area (Å²) in [6.45, 7) is 0. The van der Waals surface area contributed by atoms with Crippen molar-refractivity contribution in [3.8, 4) is 17.0 Å². The highest BCUT2D eigenvalue weighted by Crippen LogP contribution is 2.41. The predicted molar refractivity (Wildman–Crippen MR) is 88.6 cm³/mol. The number of aryl methyl sites for hydroxylation is 2. The standard InChI is InChI=1S/C17H11Cl2NO3/c1-22-9-3-5-10-8(6-9)2-4-11-14(10)20-16(18)13-12(17(19)21)7-23-15(11)13/h3,5-7H,2,4H2,1H3. The maximum absolute atomic E-state index is 11.5. The molecule has 4 nitrogen and oxygen atoms in total. The predicted octanol–water partition coefficient (Wildman–Crippen LogP) is 4.63. The molecule has 1 aliphatic rings. The number of hydrogen-bond acceptors (Lipinski definition) is 4. The van der Waals surface area contributed by atoms with Crippen molar-refractivity contribution in [2.75, 3.05) is 7.11 Å². The Kier molecular flexibility index (Phi) is 3.32. The Morgan fingerprint density at radius 2 is 2.17 bits per heavy atom. The van der Waals surface area contributed by atoms with Gasteiger partial charge in [0.2, 0.25) is 0 Å². The first kappa shape index (κ1) is 14.5. The zero-order valence-electron chi connectivity index (χ0n) is 12.2. The second kappa shape index (κ2) is 5.25. The van der Waals surface area contributed by atoms with E-state index < -0.39 is 5.24 Å². The number of halogens is 2. The molecule has 116 valence electrons. The molecule has 0 saturated carbocycles. The maximum Gasteiger partial charge on any atom is 0.256 e. The number of rotatable bonds is 2. The van der Waals surface area contributed by atoms with Gasteiger partial charge in [-0.25, -0.2) is 4.98 Å². The lowest BCUT2D eigenvalue weighted by molar-refractivity contribution is 0.108. The molecule has 0 bridgehead atoms. The van der Waals surface area contributed by atoms with Crippen LogP contribution in [0.5, 0.6) is 5.75 Å². The van der Waals surface area contributed by atoms with E-state index in [1.807, 2.05) is 18.2 Å². The first-order valence-corrected chi connectivity index (χ1v) is 7.82. The fourth-order valence-electron chi connectivity index (χ4n) is 3.11. The minimum absolute atomic E-state index is 0.222. The number of furan rings is 1. The monoisotopic (exact) mass is 347 g/mol. The molecule has 0 unspecified atom stereocenters. The molecular formula is C17H11Cl2NO3. The second-order valence-corrected chi connectivity index (χ2v) is 6.08. The van der Waals surface area contributed by atoms with Crippen LogP contribution in [-0.4, -0.2) is 17.3 Å². The van der Waals surface area contributed by atoms with Crippen molar-refractivity contribution < 1.29 is 13.9 Å². The highest BCUT2D eigenvalue weighted by molar-refractivity contribution is 6.69. The number of carbonyl (C=O) groups excluding carboxylic acids is 1. The topological polar surface area (TPSA) is 52.3 Å². The molecule has 0 radical (unpaired) electrons. The number of benzene rings is 1. The lowest BCUT2D eigenvalue weighted by Crippen LogP contribution is -2.07. The summed E-state index contributed by atoms with van der Waals surface area (Å²) in [4.78, 5) is 16.0. The van der Waals surface area contributed by atoms with Crippen LogP contribution in [0.15, 0.2) is 28.9 Å². The first-order chi connectivity index (χ1) is 11.1. The van der Waals surface area contributed by atoms with E-state index >= 15 is 0 Å². The van der Waals surface area contributed by atoms with E-state index in [1.165, 1.54) is 6.26 Å². The molecule has 23 heavy (non-hydrogen) atoms. The molecule has 3 aromatic rings. The molecule has 0 aliphatic heterocycles. The molecular weight excluding hydrogens is 337 g/mol. The van der Waals surface area contributed by atoms with E-state index in [9.17, 15) is 4.79 Å². The van der Waals surface area contributed by atoms with Crippen LogP contribution in [0, 0.1) is 0 Å². The minimum atomic E-state index is -0.603. The number of hydrogen-bond donors (Lipinski definition) is 0. The third-order valence-corrected chi connectivity index (χ3v) is 4.67. The van der Waals surface area contributed by atoms with Gasteiger partial charge in [0.05, 0.1) is 23.8 Å². The summed E-state index contributed by atoms with van der Waals surface area (Å²) in [6.07, 6.45) is 2.93. The van der Waals surface area contributed by atoms with Gasteiger partial charge < -0.3 is 9.15 Å². The zero-order chi connectivity index (χ0) is 16.1. The van der Waals surface area contributed by atoms with Crippen LogP contribution < -0.4 is 4.74 Å². The van der Waals surface area contributed by atoms with Crippen molar-refractivity contribution in [3.63, 3.8) is 0 Å². The van der Waals surface area contributed by atoms with E-state index in [0.717, 1.165) is 41.0 Å². The second-order valence-electron chi connectivity index (χ2n) is 5.38. The van der Waals surface area contributed by atoms with Crippen LogP contribution in [0.4, 0.5) is 0 Å². The van der Waals surface area contributed by atoms with Gasteiger partial charge >= 0.3 is 0 Å². The molecule has 0 amide bonds. The van der Waals surface area contributed by atoms with Crippen molar-refractivity contribution in [2.45, 2.75) is 12.8 Å². The van der Waals surface area contributed by atoms with Crippen LogP contribution >= 0.6 is 23.2 Å². The number of ether oxygens (including phenoxy) is 1. The van der Waals surface area contributed by atoms with Gasteiger partial charge in [-0.3, -0.25) is 4.79 Å². The normalized spacial score (nSPS) is 12.8. The Hall–Kier alpha value is -2.04. The summed E-state index contributed by atoms with van der Waals surface area (Å²) in [5, 5.41) is 0.107. The quantitative estimate of drug-likeness (QED) is 0.500. The molecule has 2 heterocycles. The van der Waals surface area contributed by atoms with E-state index in [0.29, 0.717) is 11.0 Å². The van der Waals surface area contributed by atoms with Crippen LogP contribution in [0.3, 0.4) is 0 Å². The van der Waals surface area contributed by atoms with Gasteiger partial charge in [-0.05, 0) is 48.2 Å². The van der Waals surface area contributed by atoms with E-state index in [1.54, 1.807) is 7.11 Å². The van der Waals surface area contributed by atoms with Crippen molar-refractivity contribution in [2.24, 2.45) is 0 Å². The Bertz CT molecular complexity index is 962. The minimum Gasteiger partial charge on any atom is -0.497 e. The van der Waals surface area contributed by atoms with E-state index in [-0.39, 0.29) is 10.7 Å². The van der Waals surface area contributed by atoms with Gasteiger partial charge in [-0.15, -0.1) is 0 Å². The molecule has 6 heteroatoms. The molecule has 0 atom stereocenters. The molecule has 0 spiro atoms. The van der Waals surface area contributed by atoms with Crippen LogP contribution in [0.2, 0.25) is 5.15 Å². The van der Waals surface area contributed by atoms with Crippen molar-refractivity contribution in [1.29, 1.82) is 0 Å². The Labute approximate surface area is 142 Å². The van der Waals surface area contributed by atoms with E-state index in [4.69, 9.17) is 32.4 Å². The Morgan fingerprint density at radius 3 is 2.91 bits per heavy atom. The highest BCUT2D eigenvalue weighted by atomic mass is 35.5. The highest BCUT2D eigenvalue weighted by Gasteiger charge is 2.26. The SMILES string of the molecule is COc1ccc2c(c1)CCc1c-2nc(Cl)c2c(C(=O)Cl)coc12. The third-order valence-electron chi connectivity index (χ3n) is 4.19. The van der Waals surface area contributed by atoms with Crippen molar-refractivity contribution in [3.05, 3.63) is 46.3 Å². The smallest absolute Gasteiger partial charge is 0.256 e. The zero-order valence-corrected chi connectivity index (χ0v) is 13.7. The first-order valence-electron chi connectivity index (χ1n) is 7.07. The summed E-state index contributed by atoms with van der Waals surface area (Å²) in [7, 11) is 1.64. The van der Waals surface area contributed by atoms with Crippen LogP contribution in [0.1, 0.15) is 21.5 Å². The molecule has 0 fully saturated rings. The molecule has 4 rings (SSSR count). The number of nitrogens with zero attached hydrogens (tertiary/aromatic N) is 1. The summed E-state index contributed by atoms with van der Waals surface area (Å²) in [5.41, 5.74) is 4.74. The van der Waals surface area contributed by atoms with Gasteiger partial charge in [0.1, 0.15) is 22.7 Å². The number of pyridine rings is 1. The molecule has 1 aliphatic carbocycles. The number of fused-ring (bicyclic) bond motifs is 5. The molecule has 0 N–H and O–H groups in total. The lowest BCUT2D eigenvalue weighted by atomic mass is 9.88. The average Bonchev–Trinajstić information content (AvgIpc) is 3.00. The third kappa shape index (κ3) is 2.13. The van der Waals surface area contributed by atoms with E-state index in [2.05, 4.69) is 4.98 Å².